The molecular formula is C18H37N5O3. The predicted octanol–water partition coefficient (Wildman–Crippen LogP) is 0.147. The largest absolute Gasteiger partial charge is 0.385 e. The smallest absolute Gasteiger partial charge is 0.243 e. The van der Waals surface area contributed by atoms with Crippen molar-refractivity contribution in [3.63, 3.8) is 0 Å². The van der Waals surface area contributed by atoms with E-state index in [0.717, 1.165) is 52.1 Å². The van der Waals surface area contributed by atoms with Crippen LogP contribution in [0.3, 0.4) is 0 Å². The van der Waals surface area contributed by atoms with E-state index in [0.29, 0.717) is 12.5 Å². The first-order valence-electron chi connectivity index (χ1n) is 9.54. The van der Waals surface area contributed by atoms with Gasteiger partial charge in [-0.25, -0.2) is 4.99 Å². The summed E-state index contributed by atoms with van der Waals surface area (Å²) in [5, 5.41) is 6.63. The Morgan fingerprint density at radius 3 is 2.69 bits per heavy atom. The van der Waals surface area contributed by atoms with Gasteiger partial charge in [-0.2, -0.15) is 0 Å². The minimum atomic E-state index is -0.0169. The number of hydrogen-bond acceptors (Lipinski definition) is 5. The Bertz CT molecular complexity index is 412. The molecule has 0 saturated carbocycles. The fourth-order valence-corrected chi connectivity index (χ4v) is 2.60. The Morgan fingerprint density at radius 1 is 1.23 bits per heavy atom. The predicted molar refractivity (Wildman–Crippen MR) is 105 cm³/mol. The first-order chi connectivity index (χ1) is 12.5. The van der Waals surface area contributed by atoms with E-state index in [1.165, 1.54) is 6.42 Å². The molecule has 1 heterocycles. The van der Waals surface area contributed by atoms with E-state index in [-0.39, 0.29) is 18.6 Å². The fraction of sp³-hybridized carbons (Fsp3) is 0.889. The first kappa shape index (κ1) is 22.7. The highest BCUT2D eigenvalue weighted by molar-refractivity contribution is 5.84. The van der Waals surface area contributed by atoms with Crippen LogP contribution in [0.15, 0.2) is 4.99 Å². The summed E-state index contributed by atoms with van der Waals surface area (Å²) in [4.78, 5) is 20.0. The van der Waals surface area contributed by atoms with Crippen LogP contribution in [0.5, 0.6) is 0 Å². The Balaban J connectivity index is 2.40. The van der Waals surface area contributed by atoms with Crippen LogP contribution in [-0.4, -0.2) is 102 Å². The second-order valence-electron chi connectivity index (χ2n) is 6.90. The van der Waals surface area contributed by atoms with Gasteiger partial charge < -0.3 is 29.9 Å². The van der Waals surface area contributed by atoms with Crippen molar-refractivity contribution >= 4 is 11.9 Å². The summed E-state index contributed by atoms with van der Waals surface area (Å²) >= 11 is 0. The number of rotatable bonds is 11. The van der Waals surface area contributed by atoms with E-state index in [9.17, 15) is 4.79 Å². The topological polar surface area (TPSA) is 78.4 Å². The molecule has 0 aromatic heterocycles. The van der Waals surface area contributed by atoms with E-state index in [1.807, 2.05) is 0 Å². The molecule has 1 rings (SSSR count). The van der Waals surface area contributed by atoms with Crippen LogP contribution in [0, 0.1) is 0 Å². The van der Waals surface area contributed by atoms with Crippen LogP contribution in [0.4, 0.5) is 0 Å². The lowest BCUT2D eigenvalue weighted by molar-refractivity contribution is -0.127. The van der Waals surface area contributed by atoms with Crippen molar-refractivity contribution in [2.24, 2.45) is 4.99 Å². The quantitative estimate of drug-likeness (QED) is 0.306. The molecule has 0 radical (unpaired) electrons. The zero-order chi connectivity index (χ0) is 19.2. The summed E-state index contributed by atoms with van der Waals surface area (Å²) < 4.78 is 10.8. The second-order valence-corrected chi connectivity index (χ2v) is 6.90. The summed E-state index contributed by atoms with van der Waals surface area (Å²) in [5.74, 6) is 0.649. The zero-order valence-electron chi connectivity index (χ0n) is 16.9. The van der Waals surface area contributed by atoms with Gasteiger partial charge in [-0.3, -0.25) is 4.79 Å². The minimum absolute atomic E-state index is 0.0169. The van der Waals surface area contributed by atoms with E-state index in [1.54, 1.807) is 26.1 Å². The van der Waals surface area contributed by atoms with Gasteiger partial charge in [-0.1, -0.05) is 0 Å². The van der Waals surface area contributed by atoms with Crippen LogP contribution >= 0.6 is 0 Å². The molecular weight excluding hydrogens is 334 g/mol. The Kier molecular flexibility index (Phi) is 12.0. The molecule has 1 aliphatic heterocycles. The molecule has 1 amide bonds. The molecule has 1 aliphatic rings. The highest BCUT2D eigenvalue weighted by Gasteiger charge is 2.14. The van der Waals surface area contributed by atoms with Gasteiger partial charge in [0.1, 0.15) is 6.54 Å². The molecule has 0 spiro atoms. The zero-order valence-corrected chi connectivity index (χ0v) is 16.9. The number of amides is 1. The number of ether oxygens (including phenoxy) is 2. The average Bonchev–Trinajstić information content (AvgIpc) is 2.64. The number of aliphatic imine (C=N–C) groups is 1. The van der Waals surface area contributed by atoms with Crippen LogP contribution < -0.4 is 10.6 Å². The first-order valence-corrected chi connectivity index (χ1v) is 9.54. The van der Waals surface area contributed by atoms with Gasteiger partial charge >= 0.3 is 0 Å². The fourth-order valence-electron chi connectivity index (χ4n) is 2.60. The lowest BCUT2D eigenvalue weighted by atomic mass is 10.1. The molecule has 26 heavy (non-hydrogen) atoms. The second kappa shape index (κ2) is 13.8. The average molecular weight is 372 g/mol. The van der Waals surface area contributed by atoms with Crippen LogP contribution in [0.1, 0.15) is 25.7 Å². The van der Waals surface area contributed by atoms with Crippen LogP contribution in [0.25, 0.3) is 0 Å². The number of methoxy groups -OCH3 is 1. The van der Waals surface area contributed by atoms with Crippen molar-refractivity contribution in [2.75, 3.05) is 74.2 Å². The molecule has 0 aromatic carbocycles. The highest BCUT2D eigenvalue weighted by atomic mass is 16.5. The SMILES string of the molecule is COCCCN(C)CCNC(=NCC(=O)N(C)C)NCC1CCCCO1. The number of carbonyl (C=O) groups is 1. The molecule has 8 heteroatoms. The van der Waals surface area contributed by atoms with Crippen LogP contribution in [0.2, 0.25) is 0 Å². The van der Waals surface area contributed by atoms with Crippen molar-refractivity contribution in [1.82, 2.24) is 20.4 Å². The van der Waals surface area contributed by atoms with Crippen LogP contribution in [-0.2, 0) is 14.3 Å². The minimum Gasteiger partial charge on any atom is -0.385 e. The monoisotopic (exact) mass is 371 g/mol. The third-order valence-corrected chi connectivity index (χ3v) is 4.32. The summed E-state index contributed by atoms with van der Waals surface area (Å²) in [5.41, 5.74) is 0. The molecule has 1 unspecified atom stereocenters. The lowest BCUT2D eigenvalue weighted by Gasteiger charge is -2.24. The molecule has 1 saturated heterocycles. The maximum absolute atomic E-state index is 11.8. The molecule has 1 atom stereocenters. The number of guanidine groups is 1. The van der Waals surface area contributed by atoms with Gasteiger partial charge in [-0.15, -0.1) is 0 Å². The maximum Gasteiger partial charge on any atom is 0.243 e. The maximum atomic E-state index is 11.8. The van der Waals surface area contributed by atoms with E-state index in [4.69, 9.17) is 9.47 Å². The van der Waals surface area contributed by atoms with E-state index < -0.39 is 0 Å². The standard InChI is InChI=1S/C18H37N5O3/c1-22(2)17(24)15-21-18(20-14-16-8-5-6-13-26-16)19-9-11-23(3)10-7-12-25-4/h16H,5-15H2,1-4H3,(H2,19,20,21). The number of carbonyl (C=O) groups excluding carboxylic acids is 1. The number of nitrogens with one attached hydrogen (secondary N) is 2. The van der Waals surface area contributed by atoms with E-state index >= 15 is 0 Å². The van der Waals surface area contributed by atoms with Gasteiger partial charge in [0.15, 0.2) is 5.96 Å². The Hall–Kier alpha value is -1.38. The molecule has 0 aliphatic carbocycles. The van der Waals surface area contributed by atoms with Gasteiger partial charge in [0, 0.05) is 60.6 Å². The molecule has 2 N–H and O–H groups in total. The van der Waals surface area contributed by atoms with Gasteiger partial charge in [0.05, 0.1) is 6.10 Å². The van der Waals surface area contributed by atoms with Crippen molar-refractivity contribution < 1.29 is 14.3 Å². The summed E-state index contributed by atoms with van der Waals surface area (Å²) in [6, 6.07) is 0. The normalized spacial score (nSPS) is 18.0. The third kappa shape index (κ3) is 10.6. The van der Waals surface area contributed by atoms with E-state index in [2.05, 4.69) is 27.6 Å². The summed E-state index contributed by atoms with van der Waals surface area (Å²) in [6.45, 7) is 5.11. The molecule has 1 fully saturated rings. The molecule has 152 valence electrons. The number of nitrogens with zero attached hydrogens (tertiary/aromatic N) is 3. The lowest BCUT2D eigenvalue weighted by Crippen LogP contribution is -2.45. The molecule has 0 bridgehead atoms. The van der Waals surface area contributed by atoms with Crippen molar-refractivity contribution in [3.05, 3.63) is 0 Å². The van der Waals surface area contributed by atoms with Crippen molar-refractivity contribution in [3.8, 4) is 0 Å². The molecule has 8 nitrogen and oxygen atoms in total. The summed E-state index contributed by atoms with van der Waals surface area (Å²) in [7, 11) is 7.29. The van der Waals surface area contributed by atoms with Crippen molar-refractivity contribution in [1.29, 1.82) is 0 Å². The molecule has 0 aromatic rings. The van der Waals surface area contributed by atoms with Crippen molar-refractivity contribution in [2.45, 2.75) is 31.8 Å². The van der Waals surface area contributed by atoms with Gasteiger partial charge in [-0.05, 0) is 32.7 Å². The van der Waals surface area contributed by atoms with Gasteiger partial charge in [0.2, 0.25) is 5.91 Å². The highest BCUT2D eigenvalue weighted by Crippen LogP contribution is 2.11. The van der Waals surface area contributed by atoms with Gasteiger partial charge in [0.25, 0.3) is 0 Å². The number of hydrogen-bond donors (Lipinski definition) is 2. The Labute approximate surface area is 158 Å². The number of likely N-dealkylation sites (N-methyl/N-ethyl adjacent to an activating group) is 2. The summed E-state index contributed by atoms with van der Waals surface area (Å²) in [6.07, 6.45) is 4.65. The Morgan fingerprint density at radius 2 is 2.04 bits per heavy atom. The third-order valence-electron chi connectivity index (χ3n) is 4.32.